The SMILES string of the molecule is CCOc1cccc(C2C(C#N)=C(N)Oc3n[nH]c(C(C)C)c32)c1. The van der Waals surface area contributed by atoms with Crippen molar-refractivity contribution in [2.75, 3.05) is 6.61 Å². The van der Waals surface area contributed by atoms with Gasteiger partial charge < -0.3 is 15.2 Å². The number of hydrogen-bond donors (Lipinski definition) is 2. The van der Waals surface area contributed by atoms with Crippen molar-refractivity contribution < 1.29 is 9.47 Å². The van der Waals surface area contributed by atoms with Crippen molar-refractivity contribution >= 4 is 0 Å². The van der Waals surface area contributed by atoms with Crippen LogP contribution >= 0.6 is 0 Å². The molecule has 6 heteroatoms. The molecule has 0 fully saturated rings. The Bertz CT molecular complexity index is 830. The van der Waals surface area contributed by atoms with Crippen molar-refractivity contribution in [1.82, 2.24) is 10.2 Å². The van der Waals surface area contributed by atoms with Crippen LogP contribution in [0.5, 0.6) is 11.6 Å². The minimum Gasteiger partial charge on any atom is -0.494 e. The van der Waals surface area contributed by atoms with E-state index >= 15 is 0 Å². The fourth-order valence-corrected chi connectivity index (χ4v) is 2.99. The van der Waals surface area contributed by atoms with E-state index in [-0.39, 0.29) is 17.7 Å². The molecule has 2 heterocycles. The lowest BCUT2D eigenvalue weighted by Crippen LogP contribution is -2.21. The highest BCUT2D eigenvalue weighted by Crippen LogP contribution is 2.44. The monoisotopic (exact) mass is 324 g/mol. The molecule has 0 amide bonds. The summed E-state index contributed by atoms with van der Waals surface area (Å²) < 4.78 is 11.2. The number of nitrogens with zero attached hydrogens (tertiary/aromatic N) is 2. The Labute approximate surface area is 140 Å². The third kappa shape index (κ3) is 2.58. The quantitative estimate of drug-likeness (QED) is 0.900. The Morgan fingerprint density at radius 1 is 1.46 bits per heavy atom. The highest BCUT2D eigenvalue weighted by Gasteiger charge is 2.35. The topological polar surface area (TPSA) is 96.9 Å². The molecule has 3 rings (SSSR count). The Kier molecular flexibility index (Phi) is 4.17. The van der Waals surface area contributed by atoms with Crippen LogP contribution in [0.2, 0.25) is 0 Å². The number of aromatic nitrogens is 2. The van der Waals surface area contributed by atoms with Crippen LogP contribution in [0.4, 0.5) is 0 Å². The van der Waals surface area contributed by atoms with Gasteiger partial charge in [0.1, 0.15) is 17.4 Å². The molecule has 1 unspecified atom stereocenters. The molecule has 124 valence electrons. The lowest BCUT2D eigenvalue weighted by Gasteiger charge is -2.25. The Morgan fingerprint density at radius 3 is 2.92 bits per heavy atom. The van der Waals surface area contributed by atoms with Gasteiger partial charge >= 0.3 is 0 Å². The Balaban J connectivity index is 2.19. The van der Waals surface area contributed by atoms with Gasteiger partial charge in [-0.25, -0.2) is 0 Å². The maximum atomic E-state index is 9.63. The largest absolute Gasteiger partial charge is 0.494 e. The second-order valence-corrected chi connectivity index (χ2v) is 5.94. The van der Waals surface area contributed by atoms with Crippen LogP contribution in [0.3, 0.4) is 0 Å². The van der Waals surface area contributed by atoms with Crippen LogP contribution in [-0.4, -0.2) is 16.8 Å². The van der Waals surface area contributed by atoms with Gasteiger partial charge in [0.25, 0.3) is 0 Å². The number of hydrogen-bond acceptors (Lipinski definition) is 5. The van der Waals surface area contributed by atoms with Crippen molar-refractivity contribution in [3.8, 4) is 17.7 Å². The molecule has 0 bridgehead atoms. The summed E-state index contributed by atoms with van der Waals surface area (Å²) >= 11 is 0. The average molecular weight is 324 g/mol. The fraction of sp³-hybridized carbons (Fsp3) is 0.333. The van der Waals surface area contributed by atoms with Crippen molar-refractivity contribution in [2.45, 2.75) is 32.6 Å². The first-order valence-corrected chi connectivity index (χ1v) is 7.95. The van der Waals surface area contributed by atoms with E-state index < -0.39 is 0 Å². The van der Waals surface area contributed by atoms with Crippen LogP contribution in [0, 0.1) is 11.3 Å². The van der Waals surface area contributed by atoms with Gasteiger partial charge in [0.15, 0.2) is 0 Å². The van der Waals surface area contributed by atoms with Crippen LogP contribution in [-0.2, 0) is 0 Å². The number of allylic oxidation sites excluding steroid dienone is 1. The van der Waals surface area contributed by atoms with E-state index in [4.69, 9.17) is 15.2 Å². The summed E-state index contributed by atoms with van der Waals surface area (Å²) in [6.45, 7) is 6.64. The maximum Gasteiger partial charge on any atom is 0.244 e. The van der Waals surface area contributed by atoms with E-state index in [1.54, 1.807) is 0 Å². The molecule has 1 aliphatic heterocycles. The second-order valence-electron chi connectivity index (χ2n) is 5.94. The molecule has 0 saturated carbocycles. The molecule has 1 atom stereocenters. The third-order valence-corrected chi connectivity index (χ3v) is 4.05. The molecule has 1 aromatic heterocycles. The molecule has 0 saturated heterocycles. The number of nitrogens with two attached hydrogens (primary N) is 1. The number of nitriles is 1. The van der Waals surface area contributed by atoms with Crippen LogP contribution in [0.25, 0.3) is 0 Å². The first kappa shape index (κ1) is 15.9. The normalized spacial score (nSPS) is 16.5. The predicted octanol–water partition coefficient (Wildman–Crippen LogP) is 3.15. The highest BCUT2D eigenvalue weighted by atomic mass is 16.5. The Hall–Kier alpha value is -2.94. The van der Waals surface area contributed by atoms with E-state index in [2.05, 4.69) is 30.1 Å². The van der Waals surface area contributed by atoms with Gasteiger partial charge in [-0.2, -0.15) is 5.26 Å². The lowest BCUT2D eigenvalue weighted by molar-refractivity contribution is 0.339. The first-order chi connectivity index (χ1) is 11.6. The lowest BCUT2D eigenvalue weighted by atomic mass is 9.82. The molecule has 6 nitrogen and oxygen atoms in total. The number of nitrogens with one attached hydrogen (secondary N) is 1. The van der Waals surface area contributed by atoms with Gasteiger partial charge in [-0.1, -0.05) is 26.0 Å². The van der Waals surface area contributed by atoms with Crippen LogP contribution in [0.15, 0.2) is 35.7 Å². The van der Waals surface area contributed by atoms with Gasteiger partial charge in [-0.15, -0.1) is 5.10 Å². The standard InChI is InChI=1S/C18H20N4O2/c1-4-23-12-7-5-6-11(8-12)14-13(9-19)17(20)24-18-15(14)16(10(2)3)21-22-18/h5-8,10,14H,4,20H2,1-3H3,(H,21,22). The van der Waals surface area contributed by atoms with Crippen molar-refractivity contribution in [3.63, 3.8) is 0 Å². The van der Waals surface area contributed by atoms with Crippen molar-refractivity contribution in [1.29, 1.82) is 5.26 Å². The molecule has 24 heavy (non-hydrogen) atoms. The summed E-state index contributed by atoms with van der Waals surface area (Å²) in [5.41, 5.74) is 9.08. The molecule has 0 aliphatic carbocycles. The van der Waals surface area contributed by atoms with Crippen molar-refractivity contribution in [2.24, 2.45) is 5.73 Å². The molecule has 0 spiro atoms. The summed E-state index contributed by atoms with van der Waals surface area (Å²) in [5.74, 6) is 1.17. The number of benzene rings is 1. The van der Waals surface area contributed by atoms with Crippen molar-refractivity contribution in [3.05, 3.63) is 52.5 Å². The zero-order chi connectivity index (χ0) is 17.3. The van der Waals surface area contributed by atoms with E-state index in [0.29, 0.717) is 18.1 Å². The third-order valence-electron chi connectivity index (χ3n) is 4.05. The number of aromatic amines is 1. The summed E-state index contributed by atoms with van der Waals surface area (Å²) in [6, 6.07) is 9.90. The average Bonchev–Trinajstić information content (AvgIpc) is 2.97. The zero-order valence-corrected chi connectivity index (χ0v) is 14.0. The summed E-state index contributed by atoms with van der Waals surface area (Å²) in [4.78, 5) is 0. The molecule has 2 aromatic rings. The maximum absolute atomic E-state index is 9.63. The van der Waals surface area contributed by atoms with Gasteiger partial charge in [0, 0.05) is 5.69 Å². The summed E-state index contributed by atoms with van der Waals surface area (Å²) in [6.07, 6.45) is 0. The number of H-pyrrole nitrogens is 1. The second kappa shape index (κ2) is 6.28. The van der Waals surface area contributed by atoms with Gasteiger partial charge in [0.2, 0.25) is 11.8 Å². The van der Waals surface area contributed by atoms with Gasteiger partial charge in [0.05, 0.1) is 18.1 Å². The molecule has 0 radical (unpaired) electrons. The minimum atomic E-state index is -0.324. The van der Waals surface area contributed by atoms with Gasteiger partial charge in [-0.05, 0) is 30.5 Å². The smallest absolute Gasteiger partial charge is 0.244 e. The number of rotatable bonds is 4. The van der Waals surface area contributed by atoms with E-state index in [1.807, 2.05) is 31.2 Å². The highest BCUT2D eigenvalue weighted by molar-refractivity contribution is 5.56. The van der Waals surface area contributed by atoms with E-state index in [9.17, 15) is 5.26 Å². The molecule has 1 aromatic carbocycles. The van der Waals surface area contributed by atoms with E-state index in [0.717, 1.165) is 22.6 Å². The Morgan fingerprint density at radius 2 is 2.25 bits per heavy atom. The van der Waals surface area contributed by atoms with Crippen LogP contribution in [0.1, 0.15) is 49.4 Å². The number of fused-ring (bicyclic) bond motifs is 1. The molecule has 1 aliphatic rings. The predicted molar refractivity (Wildman–Crippen MR) is 89.6 cm³/mol. The first-order valence-electron chi connectivity index (χ1n) is 7.95. The summed E-state index contributed by atoms with van der Waals surface area (Å²) in [7, 11) is 0. The molecular weight excluding hydrogens is 304 g/mol. The molecule has 3 N–H and O–H groups in total. The zero-order valence-electron chi connectivity index (χ0n) is 14.0. The van der Waals surface area contributed by atoms with Gasteiger partial charge in [-0.3, -0.25) is 5.10 Å². The number of ether oxygens (including phenoxy) is 2. The summed E-state index contributed by atoms with van der Waals surface area (Å²) in [5, 5.41) is 16.9. The van der Waals surface area contributed by atoms with E-state index in [1.165, 1.54) is 0 Å². The fourth-order valence-electron chi connectivity index (χ4n) is 2.99. The van der Waals surface area contributed by atoms with Crippen LogP contribution < -0.4 is 15.2 Å². The minimum absolute atomic E-state index is 0.0959. The molecular formula is C18H20N4O2.